The fourth-order valence-electron chi connectivity index (χ4n) is 4.41. The molecule has 2 aromatic rings. The van der Waals surface area contributed by atoms with Crippen LogP contribution in [0, 0.1) is 11.3 Å². The van der Waals surface area contributed by atoms with Crippen LogP contribution in [0.15, 0.2) is 81.5 Å². The van der Waals surface area contributed by atoms with Crippen LogP contribution in [0.5, 0.6) is 0 Å². The van der Waals surface area contributed by atoms with E-state index in [1.807, 2.05) is 0 Å². The predicted octanol–water partition coefficient (Wildman–Crippen LogP) is 9.64. The second-order valence-electron chi connectivity index (χ2n) is 12.6. The van der Waals surface area contributed by atoms with Crippen LogP contribution in [0.3, 0.4) is 0 Å². The van der Waals surface area contributed by atoms with Crippen LogP contribution in [0.25, 0.3) is 0 Å². The molecule has 174 valence electrons. The summed E-state index contributed by atoms with van der Waals surface area (Å²) in [6.07, 6.45) is 11.0. The molecule has 0 N–H and O–H groups in total. The molecule has 1 aliphatic rings. The van der Waals surface area contributed by atoms with Gasteiger partial charge in [-0.25, -0.2) is 0 Å². The summed E-state index contributed by atoms with van der Waals surface area (Å²) in [5.74, 6) is 0.599. The third-order valence-corrected chi connectivity index (χ3v) is 10.7. The Hall–Kier alpha value is -1.73. The van der Waals surface area contributed by atoms with E-state index in [1.54, 1.807) is 0 Å². The zero-order valence-corrected chi connectivity index (χ0v) is 22.9. The summed E-state index contributed by atoms with van der Waals surface area (Å²) in [4.78, 5) is 4.38. The van der Waals surface area contributed by atoms with Gasteiger partial charge < -0.3 is 0 Å². The lowest BCUT2D eigenvalue weighted by Gasteiger charge is -2.41. The van der Waals surface area contributed by atoms with E-state index in [0.717, 1.165) is 6.42 Å². The van der Waals surface area contributed by atoms with Crippen molar-refractivity contribution in [3.05, 3.63) is 82.8 Å². The van der Waals surface area contributed by atoms with Crippen LogP contribution in [-0.4, -0.2) is 6.26 Å². The van der Waals surface area contributed by atoms with E-state index in [2.05, 4.69) is 135 Å². The van der Waals surface area contributed by atoms with Crippen molar-refractivity contribution in [2.75, 3.05) is 6.26 Å². The second-order valence-corrected chi connectivity index (χ2v) is 15.9. The molecule has 32 heavy (non-hydrogen) atoms. The maximum Gasteiger partial charge on any atom is -0.00211 e. The molecule has 0 aliphatic heterocycles. The topological polar surface area (TPSA) is 0 Å². The molecule has 1 aliphatic carbocycles. The molecular weight excluding hydrogens is 404 g/mol. The zero-order chi connectivity index (χ0) is 23.9. The molecule has 0 aromatic heterocycles. The van der Waals surface area contributed by atoms with Gasteiger partial charge in [0.2, 0.25) is 0 Å². The molecule has 0 nitrogen and oxygen atoms in total. The van der Waals surface area contributed by atoms with Crippen molar-refractivity contribution in [2.45, 2.75) is 89.4 Å². The van der Waals surface area contributed by atoms with E-state index < -0.39 is 10.0 Å². The Balaban J connectivity index is 2.10. The Morgan fingerprint density at radius 1 is 0.656 bits per heavy atom. The highest BCUT2D eigenvalue weighted by Crippen LogP contribution is 2.66. The molecule has 1 atom stereocenters. The van der Waals surface area contributed by atoms with Gasteiger partial charge in [-0.2, -0.15) is 10.0 Å². The van der Waals surface area contributed by atoms with Crippen LogP contribution in [0.4, 0.5) is 0 Å². The molecule has 0 amide bonds. The summed E-state index contributed by atoms with van der Waals surface area (Å²) in [5, 5.41) is 0. The molecule has 1 unspecified atom stereocenters. The Kier molecular flexibility index (Phi) is 6.66. The minimum atomic E-state index is -1.32. The molecule has 0 spiro atoms. The first kappa shape index (κ1) is 24.9. The summed E-state index contributed by atoms with van der Waals surface area (Å²) in [5.41, 5.74) is 3.43. The molecule has 1 heteroatoms. The highest BCUT2D eigenvalue weighted by atomic mass is 32.3. The number of hydrogen-bond acceptors (Lipinski definition) is 0. The fourth-order valence-corrected chi connectivity index (χ4v) is 7.37. The average molecular weight is 449 g/mol. The lowest BCUT2D eigenvalue weighted by Crippen LogP contribution is -2.20. The molecular formula is C31H44S. The standard InChI is InChI=1S/C31H44S/c1-29(2,3)23-11-17-26(18-12-23)32(10,27-19-13-24(14-20-27)30(4,5)6)28-21-15-25(16-22-28)31(7,8)9/h11-15,17-22,25H,16H2,1-10H3. The van der Waals surface area contributed by atoms with Gasteiger partial charge in [-0.3, -0.25) is 0 Å². The van der Waals surface area contributed by atoms with Gasteiger partial charge in [-0.1, -0.05) is 105 Å². The van der Waals surface area contributed by atoms with Crippen molar-refractivity contribution < 1.29 is 0 Å². The first-order valence-electron chi connectivity index (χ1n) is 12.0. The van der Waals surface area contributed by atoms with Gasteiger partial charge in [-0.15, -0.1) is 0 Å². The number of benzene rings is 2. The van der Waals surface area contributed by atoms with Gasteiger partial charge in [-0.05, 0) is 84.9 Å². The number of rotatable bonds is 3. The van der Waals surface area contributed by atoms with Crippen molar-refractivity contribution in [3.8, 4) is 0 Å². The smallest absolute Gasteiger partial charge is 0.00211 e. The molecule has 0 saturated heterocycles. The monoisotopic (exact) mass is 448 g/mol. The van der Waals surface area contributed by atoms with E-state index in [-0.39, 0.29) is 10.8 Å². The van der Waals surface area contributed by atoms with Gasteiger partial charge in [0.15, 0.2) is 0 Å². The van der Waals surface area contributed by atoms with Crippen molar-refractivity contribution in [2.24, 2.45) is 11.3 Å². The summed E-state index contributed by atoms with van der Waals surface area (Å²) in [7, 11) is -1.32. The van der Waals surface area contributed by atoms with Crippen molar-refractivity contribution in [3.63, 3.8) is 0 Å². The van der Waals surface area contributed by atoms with Gasteiger partial charge >= 0.3 is 0 Å². The van der Waals surface area contributed by atoms with Gasteiger partial charge in [0.05, 0.1) is 0 Å². The van der Waals surface area contributed by atoms with E-state index in [1.165, 1.54) is 25.8 Å². The first-order valence-corrected chi connectivity index (χ1v) is 14.1. The molecule has 0 radical (unpaired) electrons. The predicted molar refractivity (Wildman–Crippen MR) is 145 cm³/mol. The van der Waals surface area contributed by atoms with Crippen LogP contribution in [-0.2, 0) is 10.8 Å². The largest absolute Gasteiger partial charge is 0.164 e. The van der Waals surface area contributed by atoms with E-state index in [0.29, 0.717) is 11.3 Å². The first-order chi connectivity index (χ1) is 14.6. The zero-order valence-electron chi connectivity index (χ0n) is 22.0. The Morgan fingerprint density at radius 3 is 1.34 bits per heavy atom. The minimum absolute atomic E-state index is 0.169. The molecule has 3 rings (SSSR count). The SMILES string of the molecule is CC(C)(C)c1ccc(S(C)(C2=CCC(C(C)(C)C)C=C2)c2ccc(C(C)(C)C)cc2)cc1. The highest BCUT2D eigenvalue weighted by Gasteiger charge is 2.31. The van der Waals surface area contributed by atoms with E-state index in [4.69, 9.17) is 0 Å². The normalized spacial score (nSPS) is 18.4. The van der Waals surface area contributed by atoms with Crippen LogP contribution in [0.2, 0.25) is 0 Å². The van der Waals surface area contributed by atoms with Gasteiger partial charge in [0, 0.05) is 0 Å². The number of hydrogen-bond donors (Lipinski definition) is 0. The molecule has 2 aromatic carbocycles. The third kappa shape index (κ3) is 5.09. The summed E-state index contributed by atoms with van der Waals surface area (Å²) >= 11 is 0. The summed E-state index contributed by atoms with van der Waals surface area (Å²) in [6, 6.07) is 18.9. The Morgan fingerprint density at radius 2 is 1.06 bits per heavy atom. The van der Waals surface area contributed by atoms with Crippen LogP contribution >= 0.6 is 10.0 Å². The van der Waals surface area contributed by atoms with E-state index in [9.17, 15) is 0 Å². The van der Waals surface area contributed by atoms with Crippen molar-refractivity contribution in [1.82, 2.24) is 0 Å². The average Bonchev–Trinajstić information content (AvgIpc) is 2.71. The maximum absolute atomic E-state index is 2.53. The quantitative estimate of drug-likeness (QED) is 0.438. The molecule has 0 saturated carbocycles. The second kappa shape index (κ2) is 8.56. The van der Waals surface area contributed by atoms with Crippen LogP contribution < -0.4 is 0 Å². The Labute approximate surface area is 199 Å². The van der Waals surface area contributed by atoms with Crippen molar-refractivity contribution in [1.29, 1.82) is 0 Å². The minimum Gasteiger partial charge on any atom is -0.164 e. The van der Waals surface area contributed by atoms with Gasteiger partial charge in [0.1, 0.15) is 0 Å². The third-order valence-electron chi connectivity index (χ3n) is 7.03. The summed E-state index contributed by atoms with van der Waals surface area (Å²) in [6.45, 7) is 20.8. The van der Waals surface area contributed by atoms with E-state index >= 15 is 0 Å². The van der Waals surface area contributed by atoms with Crippen molar-refractivity contribution >= 4 is 10.0 Å². The Bertz CT molecular complexity index is 923. The lowest BCUT2D eigenvalue weighted by molar-refractivity contribution is 0.293. The fraction of sp³-hybridized carbons (Fsp3) is 0.484. The van der Waals surface area contributed by atoms with Gasteiger partial charge in [0.25, 0.3) is 0 Å². The highest BCUT2D eigenvalue weighted by molar-refractivity contribution is 8.36. The molecule has 0 heterocycles. The summed E-state index contributed by atoms with van der Waals surface area (Å²) < 4.78 is 0. The molecule has 0 fully saturated rings. The number of allylic oxidation sites excluding steroid dienone is 3. The van der Waals surface area contributed by atoms with Crippen LogP contribution in [0.1, 0.15) is 79.9 Å². The maximum atomic E-state index is 2.53. The molecule has 0 bridgehead atoms. The lowest BCUT2D eigenvalue weighted by atomic mass is 9.77.